The largest absolute Gasteiger partial charge is 0.468 e. The van der Waals surface area contributed by atoms with E-state index in [-0.39, 0.29) is 6.04 Å². The second kappa shape index (κ2) is 4.12. The van der Waals surface area contributed by atoms with Gasteiger partial charge in [-0.2, -0.15) is 0 Å². The van der Waals surface area contributed by atoms with Crippen LogP contribution in [0, 0.1) is 0 Å². The minimum absolute atomic E-state index is 0.261. The summed E-state index contributed by atoms with van der Waals surface area (Å²) >= 11 is 0. The highest BCUT2D eigenvalue weighted by atomic mass is 16.3. The Morgan fingerprint density at radius 2 is 2.50 bits per heavy atom. The molecule has 0 saturated carbocycles. The molecule has 0 saturated heterocycles. The van der Waals surface area contributed by atoms with Crippen molar-refractivity contribution in [2.24, 2.45) is 0 Å². The van der Waals surface area contributed by atoms with Crippen LogP contribution in [0.4, 0.5) is 0 Å². The second-order valence-corrected chi connectivity index (χ2v) is 3.08. The summed E-state index contributed by atoms with van der Waals surface area (Å²) < 4.78 is 5.24. The quantitative estimate of drug-likeness (QED) is 0.693. The highest BCUT2D eigenvalue weighted by molar-refractivity contribution is 5.04. The van der Waals surface area contributed by atoms with Crippen LogP contribution < -0.4 is 5.32 Å². The van der Waals surface area contributed by atoms with Crippen LogP contribution in [0.1, 0.15) is 25.6 Å². The molecule has 1 heterocycles. The lowest BCUT2D eigenvalue weighted by Crippen LogP contribution is -2.19. The standard InChI is InChI=1S/C10H15NO/c1-8(2)7-11-9(3)10-5-4-6-12-10/h4-6,9,11H,1,7H2,2-3H3/t9-/m1/s1. The Balaban J connectivity index is 2.39. The molecule has 0 aliphatic rings. The van der Waals surface area contributed by atoms with Crippen LogP contribution >= 0.6 is 0 Å². The number of hydrogen-bond acceptors (Lipinski definition) is 2. The minimum Gasteiger partial charge on any atom is -0.468 e. The van der Waals surface area contributed by atoms with Crippen molar-refractivity contribution in [3.05, 3.63) is 36.3 Å². The maximum atomic E-state index is 5.24. The lowest BCUT2D eigenvalue weighted by Gasteiger charge is -2.10. The number of rotatable bonds is 4. The Labute approximate surface area is 73.3 Å². The van der Waals surface area contributed by atoms with E-state index in [1.807, 2.05) is 19.1 Å². The summed E-state index contributed by atoms with van der Waals surface area (Å²) in [6.45, 7) is 8.72. The van der Waals surface area contributed by atoms with Gasteiger partial charge in [-0.1, -0.05) is 12.2 Å². The smallest absolute Gasteiger partial charge is 0.120 e. The molecule has 0 spiro atoms. The van der Waals surface area contributed by atoms with E-state index in [4.69, 9.17) is 4.42 Å². The zero-order valence-corrected chi connectivity index (χ0v) is 7.63. The predicted molar refractivity (Wildman–Crippen MR) is 49.9 cm³/mol. The molecule has 0 aromatic carbocycles. The molecule has 0 fully saturated rings. The van der Waals surface area contributed by atoms with Gasteiger partial charge in [-0.3, -0.25) is 0 Å². The second-order valence-electron chi connectivity index (χ2n) is 3.08. The van der Waals surface area contributed by atoms with Gasteiger partial charge < -0.3 is 9.73 Å². The molecule has 0 bridgehead atoms. The third-order valence-corrected chi connectivity index (χ3v) is 1.68. The summed E-state index contributed by atoms with van der Waals surface area (Å²) in [6, 6.07) is 4.13. The van der Waals surface area contributed by atoms with E-state index in [1.165, 1.54) is 0 Å². The maximum absolute atomic E-state index is 5.24. The predicted octanol–water partition coefficient (Wildman–Crippen LogP) is 2.51. The van der Waals surface area contributed by atoms with E-state index < -0.39 is 0 Å². The molecule has 1 aromatic rings. The average Bonchev–Trinajstić information content (AvgIpc) is 2.51. The zero-order chi connectivity index (χ0) is 8.97. The van der Waals surface area contributed by atoms with E-state index in [9.17, 15) is 0 Å². The van der Waals surface area contributed by atoms with Gasteiger partial charge in [0.15, 0.2) is 0 Å². The lowest BCUT2D eigenvalue weighted by molar-refractivity contribution is 0.439. The molecule has 66 valence electrons. The molecule has 2 heteroatoms. The highest BCUT2D eigenvalue weighted by Gasteiger charge is 2.05. The van der Waals surface area contributed by atoms with Crippen LogP contribution in [-0.2, 0) is 0 Å². The Hall–Kier alpha value is -1.02. The maximum Gasteiger partial charge on any atom is 0.120 e. The monoisotopic (exact) mass is 165 g/mol. The molecular weight excluding hydrogens is 150 g/mol. The summed E-state index contributed by atoms with van der Waals surface area (Å²) in [5.41, 5.74) is 1.13. The van der Waals surface area contributed by atoms with Crippen molar-refractivity contribution >= 4 is 0 Å². The SMILES string of the molecule is C=C(C)CN[C@H](C)c1ccco1. The van der Waals surface area contributed by atoms with Gasteiger partial charge in [0.05, 0.1) is 12.3 Å². The fourth-order valence-corrected chi connectivity index (χ4v) is 0.966. The summed E-state index contributed by atoms with van der Waals surface area (Å²) in [5.74, 6) is 0.969. The normalized spacial score (nSPS) is 12.8. The molecule has 0 aliphatic carbocycles. The van der Waals surface area contributed by atoms with Crippen LogP contribution in [0.15, 0.2) is 35.0 Å². The summed E-state index contributed by atoms with van der Waals surface area (Å²) in [6.07, 6.45) is 1.69. The van der Waals surface area contributed by atoms with Crippen molar-refractivity contribution < 1.29 is 4.42 Å². The number of nitrogens with one attached hydrogen (secondary N) is 1. The van der Waals surface area contributed by atoms with E-state index in [1.54, 1.807) is 6.26 Å². The lowest BCUT2D eigenvalue weighted by atomic mass is 10.2. The fraction of sp³-hybridized carbons (Fsp3) is 0.400. The molecule has 0 amide bonds. The van der Waals surface area contributed by atoms with Crippen molar-refractivity contribution in [3.8, 4) is 0 Å². The van der Waals surface area contributed by atoms with Crippen LogP contribution in [0.5, 0.6) is 0 Å². The zero-order valence-electron chi connectivity index (χ0n) is 7.63. The van der Waals surface area contributed by atoms with Gasteiger partial charge in [0.2, 0.25) is 0 Å². The molecule has 0 aliphatic heterocycles. The molecule has 0 radical (unpaired) electrons. The Morgan fingerprint density at radius 1 is 1.75 bits per heavy atom. The molecule has 12 heavy (non-hydrogen) atoms. The summed E-state index contributed by atoms with van der Waals surface area (Å²) in [7, 11) is 0. The Morgan fingerprint density at radius 3 is 3.00 bits per heavy atom. The van der Waals surface area contributed by atoms with Crippen molar-refractivity contribution in [2.45, 2.75) is 19.9 Å². The molecule has 1 rings (SSSR count). The molecule has 2 nitrogen and oxygen atoms in total. The first-order chi connectivity index (χ1) is 5.70. The van der Waals surface area contributed by atoms with Gasteiger partial charge in [0.1, 0.15) is 5.76 Å². The minimum atomic E-state index is 0.261. The molecular formula is C10H15NO. The first-order valence-corrected chi connectivity index (χ1v) is 4.11. The average molecular weight is 165 g/mol. The van der Waals surface area contributed by atoms with Crippen LogP contribution in [0.2, 0.25) is 0 Å². The Bertz CT molecular complexity index is 238. The third-order valence-electron chi connectivity index (χ3n) is 1.68. The van der Waals surface area contributed by atoms with Crippen LogP contribution in [0.25, 0.3) is 0 Å². The Kier molecular flexibility index (Phi) is 3.11. The van der Waals surface area contributed by atoms with Crippen molar-refractivity contribution in [1.82, 2.24) is 5.32 Å². The fourth-order valence-electron chi connectivity index (χ4n) is 0.966. The number of furan rings is 1. The van der Waals surface area contributed by atoms with Crippen LogP contribution in [0.3, 0.4) is 0 Å². The van der Waals surface area contributed by atoms with Gasteiger partial charge >= 0.3 is 0 Å². The van der Waals surface area contributed by atoms with Gasteiger partial charge in [0, 0.05) is 6.54 Å². The van der Waals surface area contributed by atoms with E-state index in [0.29, 0.717) is 0 Å². The van der Waals surface area contributed by atoms with Gasteiger partial charge in [-0.15, -0.1) is 0 Å². The van der Waals surface area contributed by atoms with Gasteiger partial charge in [-0.25, -0.2) is 0 Å². The van der Waals surface area contributed by atoms with Crippen molar-refractivity contribution in [3.63, 3.8) is 0 Å². The molecule has 1 aromatic heterocycles. The first-order valence-electron chi connectivity index (χ1n) is 4.11. The number of hydrogen-bond donors (Lipinski definition) is 1. The van der Waals surface area contributed by atoms with E-state index in [2.05, 4.69) is 18.8 Å². The van der Waals surface area contributed by atoms with E-state index in [0.717, 1.165) is 17.9 Å². The molecule has 0 unspecified atom stereocenters. The molecule has 1 N–H and O–H groups in total. The summed E-state index contributed by atoms with van der Waals surface area (Å²) in [5, 5.41) is 3.29. The van der Waals surface area contributed by atoms with Gasteiger partial charge in [0.25, 0.3) is 0 Å². The summed E-state index contributed by atoms with van der Waals surface area (Å²) in [4.78, 5) is 0. The third kappa shape index (κ3) is 2.55. The first kappa shape index (κ1) is 9.07. The highest BCUT2D eigenvalue weighted by Crippen LogP contribution is 2.11. The van der Waals surface area contributed by atoms with Crippen LogP contribution in [-0.4, -0.2) is 6.54 Å². The topological polar surface area (TPSA) is 25.2 Å². The molecule has 1 atom stereocenters. The van der Waals surface area contributed by atoms with E-state index >= 15 is 0 Å². The van der Waals surface area contributed by atoms with Gasteiger partial charge in [-0.05, 0) is 26.0 Å². The van der Waals surface area contributed by atoms with Crippen molar-refractivity contribution in [1.29, 1.82) is 0 Å². The van der Waals surface area contributed by atoms with Crippen molar-refractivity contribution in [2.75, 3.05) is 6.54 Å².